The Balaban J connectivity index is 1.43. The number of hydrogen-bond acceptors (Lipinski definition) is 8. The van der Waals surface area contributed by atoms with E-state index in [1.54, 1.807) is 36.4 Å². The number of anilines is 4. The van der Waals surface area contributed by atoms with Crippen LogP contribution >= 0.6 is 23.2 Å². The summed E-state index contributed by atoms with van der Waals surface area (Å²) in [6.45, 7) is 4.22. The second-order valence-corrected chi connectivity index (χ2v) is 12.5. The molecule has 0 fully saturated rings. The van der Waals surface area contributed by atoms with Crippen molar-refractivity contribution < 1.29 is 19.4 Å². The number of aliphatic hydroxyl groups excluding tert-OH is 1. The second kappa shape index (κ2) is 16.7. The molecule has 5 rings (SSSR count). The van der Waals surface area contributed by atoms with Crippen LogP contribution in [-0.2, 0) is 6.61 Å². The number of hydrogen-bond donors (Lipinski definition) is 4. The van der Waals surface area contributed by atoms with E-state index in [-0.39, 0.29) is 12.5 Å². The molecule has 4 N–H and O–H groups in total. The highest BCUT2D eigenvalue weighted by Crippen LogP contribution is 2.36. The number of aromatic nitrogens is 1. The molecule has 0 aliphatic heterocycles. The fraction of sp³-hybridized carbons (Fsp3) is 0.270. The molecule has 4 aromatic carbocycles. The largest absolute Gasteiger partial charge is 0.417 e. The van der Waals surface area contributed by atoms with Gasteiger partial charge in [-0.1, -0.05) is 30.3 Å². The maximum Gasteiger partial charge on any atom is 0.417 e. The number of ether oxygens (including phenoxy) is 1. The molecule has 0 bridgehead atoms. The number of rotatable bonds is 14. The first kappa shape index (κ1) is 35.7. The first-order valence-electron chi connectivity index (χ1n) is 15.9. The molecule has 256 valence electrons. The highest BCUT2D eigenvalue weighted by molar-refractivity contribution is 6.18. The van der Waals surface area contributed by atoms with E-state index in [0.29, 0.717) is 71.7 Å². The van der Waals surface area contributed by atoms with Crippen LogP contribution in [0.3, 0.4) is 0 Å². The third kappa shape index (κ3) is 8.90. The average Bonchev–Trinajstić information content (AvgIpc) is 3.08. The highest BCUT2D eigenvalue weighted by Gasteiger charge is 2.18. The molecule has 0 atom stereocenters. The molecule has 49 heavy (non-hydrogen) atoms. The van der Waals surface area contributed by atoms with Gasteiger partial charge in [-0.2, -0.15) is 0 Å². The van der Waals surface area contributed by atoms with Gasteiger partial charge in [-0.25, -0.2) is 9.78 Å². The lowest BCUT2D eigenvalue weighted by atomic mass is 10.0. The number of aryl methyl sites for hydroxylation is 1. The number of alkyl halides is 2. The third-order valence-corrected chi connectivity index (χ3v) is 8.28. The maximum absolute atomic E-state index is 13.3. The first-order chi connectivity index (χ1) is 23.7. The summed E-state index contributed by atoms with van der Waals surface area (Å²) in [5.74, 6) is 1.08. The number of para-hydroxylation sites is 2. The lowest BCUT2D eigenvalue weighted by Crippen LogP contribution is -2.31. The van der Waals surface area contributed by atoms with Crippen molar-refractivity contribution in [3.05, 3.63) is 95.6 Å². The minimum absolute atomic E-state index is 0.205. The van der Waals surface area contributed by atoms with Gasteiger partial charge in [0, 0.05) is 65.8 Å². The van der Waals surface area contributed by atoms with Crippen LogP contribution in [0, 0.1) is 6.92 Å². The molecule has 0 spiro atoms. The van der Waals surface area contributed by atoms with Gasteiger partial charge in [0.15, 0.2) is 0 Å². The van der Waals surface area contributed by atoms with Crippen molar-refractivity contribution in [1.29, 1.82) is 0 Å². The molecule has 12 heteroatoms. The van der Waals surface area contributed by atoms with Gasteiger partial charge in [0.2, 0.25) is 0 Å². The normalized spacial score (nSPS) is 11.2. The van der Waals surface area contributed by atoms with Crippen molar-refractivity contribution in [3.8, 4) is 5.75 Å². The van der Waals surface area contributed by atoms with Crippen LogP contribution in [0.5, 0.6) is 5.75 Å². The Labute approximate surface area is 296 Å². The van der Waals surface area contributed by atoms with E-state index >= 15 is 0 Å². The van der Waals surface area contributed by atoms with Gasteiger partial charge in [0.05, 0.1) is 28.9 Å². The van der Waals surface area contributed by atoms with E-state index in [1.165, 1.54) is 0 Å². The predicted octanol–water partition coefficient (Wildman–Crippen LogP) is 7.12. The number of benzene rings is 4. The van der Waals surface area contributed by atoms with Crippen LogP contribution < -0.4 is 25.6 Å². The predicted molar refractivity (Wildman–Crippen MR) is 200 cm³/mol. The highest BCUT2D eigenvalue weighted by atomic mass is 35.5. The minimum atomic E-state index is -0.687. The molecule has 10 nitrogen and oxygen atoms in total. The zero-order valence-electron chi connectivity index (χ0n) is 27.7. The Morgan fingerprint density at radius 2 is 1.53 bits per heavy atom. The van der Waals surface area contributed by atoms with E-state index in [2.05, 4.69) is 20.9 Å². The molecular weight excluding hydrogens is 663 g/mol. The van der Waals surface area contributed by atoms with Crippen molar-refractivity contribution in [3.63, 3.8) is 0 Å². The van der Waals surface area contributed by atoms with E-state index in [9.17, 15) is 14.7 Å². The number of nitrogens with one attached hydrogen (secondary N) is 3. The Kier molecular flexibility index (Phi) is 12.1. The number of likely N-dealkylation sites (N-methyl/N-ethyl adjacent to an activating group) is 1. The van der Waals surface area contributed by atoms with Crippen LogP contribution in [0.1, 0.15) is 21.5 Å². The van der Waals surface area contributed by atoms with Crippen LogP contribution in [0.4, 0.5) is 27.5 Å². The lowest BCUT2D eigenvalue weighted by Gasteiger charge is -2.22. The Bertz CT molecular complexity index is 1930. The summed E-state index contributed by atoms with van der Waals surface area (Å²) in [5, 5.41) is 21.0. The molecule has 0 saturated carbocycles. The molecule has 0 aliphatic carbocycles. The topological polar surface area (TPSA) is 119 Å². The van der Waals surface area contributed by atoms with Crippen LogP contribution in [0.25, 0.3) is 21.8 Å². The Morgan fingerprint density at radius 3 is 2.20 bits per heavy atom. The fourth-order valence-corrected chi connectivity index (χ4v) is 5.97. The minimum Gasteiger partial charge on any atom is -0.410 e. The van der Waals surface area contributed by atoms with Gasteiger partial charge in [0.25, 0.3) is 5.91 Å². The van der Waals surface area contributed by atoms with Gasteiger partial charge in [0.1, 0.15) is 5.75 Å². The van der Waals surface area contributed by atoms with Crippen molar-refractivity contribution in [2.45, 2.75) is 13.5 Å². The monoisotopic (exact) mass is 702 g/mol. The Hall–Kier alpha value is -4.61. The average molecular weight is 704 g/mol. The van der Waals surface area contributed by atoms with Crippen LogP contribution in [0.2, 0.25) is 0 Å². The summed E-state index contributed by atoms with van der Waals surface area (Å²) in [5.41, 5.74) is 6.02. The summed E-state index contributed by atoms with van der Waals surface area (Å²) in [6, 6.07) is 23.8. The quantitative estimate of drug-likeness (QED) is 0.0714. The smallest absolute Gasteiger partial charge is 0.410 e. The number of halogens is 2. The van der Waals surface area contributed by atoms with Gasteiger partial charge in [-0.15, -0.1) is 23.2 Å². The number of fused-ring (bicyclic) bond motifs is 2. The third-order valence-electron chi connectivity index (χ3n) is 7.94. The summed E-state index contributed by atoms with van der Waals surface area (Å²) in [6.07, 6.45) is -0.687. The summed E-state index contributed by atoms with van der Waals surface area (Å²) in [7, 11) is 3.91. The Morgan fingerprint density at radius 1 is 0.857 bits per heavy atom. The summed E-state index contributed by atoms with van der Waals surface area (Å²) in [4.78, 5) is 35.3. The number of aliphatic hydroxyl groups is 1. The van der Waals surface area contributed by atoms with Crippen LogP contribution in [-0.4, -0.2) is 79.0 Å². The first-order valence-corrected chi connectivity index (χ1v) is 17.0. The molecule has 2 amide bonds. The summed E-state index contributed by atoms with van der Waals surface area (Å²) < 4.78 is 5.56. The SMILES string of the molecule is Cc1cccc2c(Nc3cc(CO)cc(NC(=O)Oc4ccc(N(CCCl)CCCl)cc4)c3)c3cccc(C(=O)NCCN(C)C)c3nc12. The molecular formula is C37H40Cl2N6O4. The van der Waals surface area contributed by atoms with Crippen molar-refractivity contribution >= 4 is 79.8 Å². The number of nitrogens with zero attached hydrogens (tertiary/aromatic N) is 3. The summed E-state index contributed by atoms with van der Waals surface area (Å²) >= 11 is 11.9. The van der Waals surface area contributed by atoms with Gasteiger partial charge < -0.3 is 30.3 Å². The molecule has 0 unspecified atom stereocenters. The van der Waals surface area contributed by atoms with E-state index < -0.39 is 6.09 Å². The maximum atomic E-state index is 13.3. The van der Waals surface area contributed by atoms with Crippen molar-refractivity contribution in [2.24, 2.45) is 0 Å². The van der Waals surface area contributed by atoms with E-state index in [1.807, 2.05) is 68.4 Å². The number of carbonyl (C=O) groups is 2. The lowest BCUT2D eigenvalue weighted by molar-refractivity contribution is 0.0952. The van der Waals surface area contributed by atoms with E-state index in [4.69, 9.17) is 32.9 Å². The number of amides is 2. The molecule has 1 aromatic heterocycles. The van der Waals surface area contributed by atoms with Gasteiger partial charge in [-0.3, -0.25) is 10.1 Å². The zero-order chi connectivity index (χ0) is 34.9. The molecule has 1 heterocycles. The fourth-order valence-electron chi connectivity index (χ4n) is 5.56. The van der Waals surface area contributed by atoms with E-state index in [0.717, 1.165) is 33.2 Å². The number of pyridine rings is 1. The van der Waals surface area contributed by atoms with Crippen LogP contribution in [0.15, 0.2) is 78.9 Å². The molecule has 0 radical (unpaired) electrons. The standard InChI is InChI=1S/C37H40Cl2N6O4/c1-24-6-4-7-30-33(24)43-35-31(8-5-9-32(35)36(47)40-16-19-44(2)3)34(30)41-26-20-25(23-46)21-27(22-26)42-37(48)49-29-12-10-28(11-13-29)45(17-14-38)18-15-39/h4-13,20-22,46H,14-19,23H2,1-3H3,(H,40,47)(H,41,43)(H,42,48). The number of carbonyl (C=O) groups excluding carboxylic acids is 2. The zero-order valence-corrected chi connectivity index (χ0v) is 29.2. The second-order valence-electron chi connectivity index (χ2n) is 11.8. The van der Waals surface area contributed by atoms with Crippen molar-refractivity contribution in [1.82, 2.24) is 15.2 Å². The molecule has 5 aromatic rings. The molecule has 0 aliphatic rings. The van der Waals surface area contributed by atoms with Crippen molar-refractivity contribution in [2.75, 3.05) is 67.6 Å². The molecule has 0 saturated heterocycles. The van der Waals surface area contributed by atoms with Gasteiger partial charge >= 0.3 is 6.09 Å². The van der Waals surface area contributed by atoms with Gasteiger partial charge in [-0.05, 0) is 80.7 Å².